The minimum absolute atomic E-state index is 0.122. The molecule has 0 fully saturated rings. The van der Waals surface area contributed by atoms with E-state index >= 15 is 0 Å². The Morgan fingerprint density at radius 2 is 2.00 bits per heavy atom. The zero-order valence-corrected chi connectivity index (χ0v) is 7.09. The maximum Gasteiger partial charge on any atom is 0.106 e. The second kappa shape index (κ2) is 5.69. The van der Waals surface area contributed by atoms with Crippen LogP contribution in [0.1, 0.15) is 27.2 Å². The third-order valence-corrected chi connectivity index (χ3v) is 1.56. The van der Waals surface area contributed by atoms with Gasteiger partial charge in [-0.15, -0.1) is 0 Å². The number of ether oxygens (including phenoxy) is 1. The van der Waals surface area contributed by atoms with Gasteiger partial charge in [0.1, 0.15) is 6.61 Å². The highest BCUT2D eigenvalue weighted by Gasteiger charge is 2.09. The summed E-state index contributed by atoms with van der Waals surface area (Å²) in [6.07, 6.45) is 1.27. The minimum Gasteiger partial charge on any atom is -0.375 e. The summed E-state index contributed by atoms with van der Waals surface area (Å²) in [5, 5.41) is 10.0. The van der Waals surface area contributed by atoms with E-state index in [-0.39, 0.29) is 12.7 Å². The first-order valence-corrected chi connectivity index (χ1v) is 3.92. The Morgan fingerprint density at radius 1 is 1.40 bits per heavy atom. The predicted molar refractivity (Wildman–Crippen MR) is 40.4 cm³/mol. The SMILES string of the molecule is CCC(OCC[O])C(C)C. The average molecular weight is 145 g/mol. The van der Waals surface area contributed by atoms with Gasteiger partial charge in [0.25, 0.3) is 0 Å². The first-order chi connectivity index (χ1) is 4.72. The smallest absolute Gasteiger partial charge is 0.106 e. The van der Waals surface area contributed by atoms with E-state index in [4.69, 9.17) is 4.74 Å². The molecular weight excluding hydrogens is 128 g/mol. The van der Waals surface area contributed by atoms with Crippen molar-refractivity contribution in [3.8, 4) is 0 Å². The highest BCUT2D eigenvalue weighted by molar-refractivity contribution is 4.58. The number of rotatable bonds is 5. The van der Waals surface area contributed by atoms with Crippen molar-refractivity contribution in [2.45, 2.75) is 33.3 Å². The van der Waals surface area contributed by atoms with Crippen molar-refractivity contribution < 1.29 is 9.84 Å². The van der Waals surface area contributed by atoms with Gasteiger partial charge < -0.3 is 4.74 Å². The molecule has 61 valence electrons. The molecule has 0 saturated heterocycles. The van der Waals surface area contributed by atoms with Gasteiger partial charge in [-0.25, -0.2) is 5.11 Å². The summed E-state index contributed by atoms with van der Waals surface area (Å²) in [6.45, 7) is 6.54. The number of hydrogen-bond donors (Lipinski definition) is 0. The molecule has 1 radical (unpaired) electrons. The molecular formula is C8H17O2. The Labute approximate surface area is 63.2 Å². The van der Waals surface area contributed by atoms with Crippen LogP contribution in [0.25, 0.3) is 0 Å². The van der Waals surface area contributed by atoms with Crippen molar-refractivity contribution >= 4 is 0 Å². The van der Waals surface area contributed by atoms with Crippen LogP contribution >= 0.6 is 0 Å². The lowest BCUT2D eigenvalue weighted by Crippen LogP contribution is -2.20. The Bertz CT molecular complexity index is 71.7. The van der Waals surface area contributed by atoms with Crippen molar-refractivity contribution in [2.24, 2.45) is 5.92 Å². The second-order valence-corrected chi connectivity index (χ2v) is 2.77. The fourth-order valence-corrected chi connectivity index (χ4v) is 0.981. The summed E-state index contributed by atoms with van der Waals surface area (Å²) in [5.74, 6) is 0.525. The van der Waals surface area contributed by atoms with Gasteiger partial charge in [-0.05, 0) is 12.3 Å². The molecule has 2 heteroatoms. The van der Waals surface area contributed by atoms with E-state index in [1.165, 1.54) is 0 Å². The molecule has 0 saturated carbocycles. The Morgan fingerprint density at radius 3 is 2.30 bits per heavy atom. The van der Waals surface area contributed by atoms with Crippen LogP contribution < -0.4 is 0 Å². The van der Waals surface area contributed by atoms with Gasteiger partial charge in [-0.3, -0.25) is 0 Å². The Hall–Kier alpha value is -0.0800. The van der Waals surface area contributed by atoms with Gasteiger partial charge in [0.2, 0.25) is 0 Å². The zero-order chi connectivity index (χ0) is 7.98. The first-order valence-electron chi connectivity index (χ1n) is 3.92. The molecule has 1 atom stereocenters. The van der Waals surface area contributed by atoms with Gasteiger partial charge in [-0.2, -0.15) is 0 Å². The molecule has 0 bridgehead atoms. The van der Waals surface area contributed by atoms with E-state index in [1.807, 2.05) is 0 Å². The summed E-state index contributed by atoms with van der Waals surface area (Å²) in [4.78, 5) is 0. The lowest BCUT2D eigenvalue weighted by Gasteiger charge is -2.18. The van der Waals surface area contributed by atoms with E-state index in [9.17, 15) is 5.11 Å². The summed E-state index contributed by atoms with van der Waals surface area (Å²) in [7, 11) is 0. The third kappa shape index (κ3) is 3.85. The molecule has 0 aromatic rings. The quantitative estimate of drug-likeness (QED) is 0.580. The lowest BCUT2D eigenvalue weighted by molar-refractivity contribution is -0.0113. The van der Waals surface area contributed by atoms with Gasteiger partial charge in [0, 0.05) is 0 Å². The molecule has 2 nitrogen and oxygen atoms in total. The van der Waals surface area contributed by atoms with Crippen LogP contribution in [-0.2, 0) is 9.84 Å². The van der Waals surface area contributed by atoms with Crippen LogP contribution in [0.3, 0.4) is 0 Å². The summed E-state index contributed by atoms with van der Waals surface area (Å²) in [6, 6.07) is 0. The van der Waals surface area contributed by atoms with E-state index in [0.717, 1.165) is 6.42 Å². The first kappa shape index (κ1) is 9.92. The van der Waals surface area contributed by atoms with Crippen LogP contribution in [0, 0.1) is 5.92 Å². The lowest BCUT2D eigenvalue weighted by atomic mass is 10.1. The average Bonchev–Trinajstić information content (AvgIpc) is 1.89. The fraction of sp³-hybridized carbons (Fsp3) is 1.00. The van der Waals surface area contributed by atoms with Crippen LogP contribution in [0.5, 0.6) is 0 Å². The molecule has 0 aliphatic carbocycles. The van der Waals surface area contributed by atoms with E-state index < -0.39 is 0 Å². The molecule has 0 amide bonds. The molecule has 0 aliphatic heterocycles. The normalized spacial score (nSPS) is 14.1. The van der Waals surface area contributed by atoms with Crippen molar-refractivity contribution in [1.82, 2.24) is 0 Å². The maximum atomic E-state index is 10.0. The number of hydrogen-bond acceptors (Lipinski definition) is 1. The maximum absolute atomic E-state index is 10.0. The van der Waals surface area contributed by atoms with Crippen molar-refractivity contribution in [1.29, 1.82) is 0 Å². The van der Waals surface area contributed by atoms with Crippen molar-refractivity contribution in [3.63, 3.8) is 0 Å². The van der Waals surface area contributed by atoms with Crippen molar-refractivity contribution in [2.75, 3.05) is 13.2 Å². The third-order valence-electron chi connectivity index (χ3n) is 1.56. The Balaban J connectivity index is 3.40. The highest BCUT2D eigenvalue weighted by atomic mass is 16.5. The van der Waals surface area contributed by atoms with Gasteiger partial charge >= 0.3 is 0 Å². The molecule has 0 heterocycles. The standard InChI is InChI=1S/C8H17O2/c1-4-8(7(2)3)10-6-5-9/h7-8H,4-6H2,1-3H3. The van der Waals surface area contributed by atoms with Crippen LogP contribution in [0.2, 0.25) is 0 Å². The topological polar surface area (TPSA) is 29.1 Å². The largest absolute Gasteiger partial charge is 0.375 e. The molecule has 0 spiro atoms. The monoisotopic (exact) mass is 145 g/mol. The highest BCUT2D eigenvalue weighted by Crippen LogP contribution is 2.09. The molecule has 0 rings (SSSR count). The summed E-state index contributed by atoms with van der Waals surface area (Å²) >= 11 is 0. The Kier molecular flexibility index (Phi) is 5.64. The van der Waals surface area contributed by atoms with E-state index in [0.29, 0.717) is 12.5 Å². The van der Waals surface area contributed by atoms with Gasteiger partial charge in [-0.1, -0.05) is 20.8 Å². The van der Waals surface area contributed by atoms with E-state index in [1.54, 1.807) is 0 Å². The molecule has 0 aliphatic rings. The summed E-state index contributed by atoms with van der Waals surface area (Å²) < 4.78 is 5.29. The summed E-state index contributed by atoms with van der Waals surface area (Å²) in [5.41, 5.74) is 0. The van der Waals surface area contributed by atoms with Gasteiger partial charge in [0.15, 0.2) is 0 Å². The molecule has 10 heavy (non-hydrogen) atoms. The molecule has 0 aromatic heterocycles. The molecule has 0 aromatic carbocycles. The second-order valence-electron chi connectivity index (χ2n) is 2.77. The van der Waals surface area contributed by atoms with Crippen LogP contribution in [-0.4, -0.2) is 19.3 Å². The fourth-order valence-electron chi connectivity index (χ4n) is 0.981. The van der Waals surface area contributed by atoms with Crippen LogP contribution in [0.4, 0.5) is 0 Å². The zero-order valence-electron chi connectivity index (χ0n) is 7.09. The van der Waals surface area contributed by atoms with Crippen LogP contribution in [0.15, 0.2) is 0 Å². The van der Waals surface area contributed by atoms with Crippen molar-refractivity contribution in [3.05, 3.63) is 0 Å². The molecule has 0 N–H and O–H groups in total. The van der Waals surface area contributed by atoms with E-state index in [2.05, 4.69) is 20.8 Å². The predicted octanol–water partition coefficient (Wildman–Crippen LogP) is 1.87. The molecule has 1 unspecified atom stereocenters. The minimum atomic E-state index is -0.122. The van der Waals surface area contributed by atoms with Gasteiger partial charge in [0.05, 0.1) is 12.7 Å².